The molecular formula is C15H10Cl2N4O. The Balaban J connectivity index is 1.98. The second-order valence-electron chi connectivity index (χ2n) is 4.42. The van der Waals surface area contributed by atoms with Crippen molar-refractivity contribution in [1.82, 2.24) is 15.0 Å². The van der Waals surface area contributed by atoms with Gasteiger partial charge in [-0.2, -0.15) is 0 Å². The van der Waals surface area contributed by atoms with Crippen molar-refractivity contribution in [3.8, 4) is 17.1 Å². The van der Waals surface area contributed by atoms with Gasteiger partial charge in [-0.05, 0) is 30.3 Å². The minimum atomic E-state index is 0.0598. The summed E-state index contributed by atoms with van der Waals surface area (Å²) in [5.41, 5.74) is 1.22. The molecule has 0 spiro atoms. The van der Waals surface area contributed by atoms with Crippen LogP contribution in [0.1, 0.15) is 0 Å². The van der Waals surface area contributed by atoms with Crippen LogP contribution in [0.5, 0.6) is 5.75 Å². The standard InChI is InChI=1S/C15H10Cl2N4O/c16-10-1-2-12(22)11(7-10)19-14-8-13(17)20-15(21-14)9-3-5-18-6-4-9/h1-8,22H,(H,19,20,21). The molecule has 2 heterocycles. The highest BCUT2D eigenvalue weighted by atomic mass is 35.5. The molecule has 0 bridgehead atoms. The van der Waals surface area contributed by atoms with Gasteiger partial charge >= 0.3 is 0 Å². The number of hydrogen-bond acceptors (Lipinski definition) is 5. The molecule has 0 atom stereocenters. The van der Waals surface area contributed by atoms with Crippen molar-refractivity contribution >= 4 is 34.7 Å². The molecular weight excluding hydrogens is 323 g/mol. The molecule has 0 aliphatic carbocycles. The zero-order chi connectivity index (χ0) is 15.5. The lowest BCUT2D eigenvalue weighted by molar-refractivity contribution is 0.477. The van der Waals surface area contributed by atoms with Crippen LogP contribution in [0.25, 0.3) is 11.4 Å². The van der Waals surface area contributed by atoms with Gasteiger partial charge in [0.1, 0.15) is 16.7 Å². The number of nitrogens with one attached hydrogen (secondary N) is 1. The van der Waals surface area contributed by atoms with E-state index in [4.69, 9.17) is 23.2 Å². The Morgan fingerprint density at radius 3 is 2.50 bits per heavy atom. The van der Waals surface area contributed by atoms with Crippen LogP contribution in [0, 0.1) is 0 Å². The third-order valence-electron chi connectivity index (χ3n) is 2.85. The summed E-state index contributed by atoms with van der Waals surface area (Å²) >= 11 is 12.0. The number of phenols is 1. The largest absolute Gasteiger partial charge is 0.506 e. The van der Waals surface area contributed by atoms with Crippen LogP contribution in [-0.4, -0.2) is 20.1 Å². The third-order valence-corrected chi connectivity index (χ3v) is 3.28. The smallest absolute Gasteiger partial charge is 0.163 e. The molecule has 0 amide bonds. The van der Waals surface area contributed by atoms with Gasteiger partial charge < -0.3 is 10.4 Å². The van der Waals surface area contributed by atoms with Crippen molar-refractivity contribution in [2.24, 2.45) is 0 Å². The van der Waals surface area contributed by atoms with Crippen LogP contribution in [0.4, 0.5) is 11.5 Å². The number of pyridine rings is 1. The monoisotopic (exact) mass is 332 g/mol. The Labute approximate surface area is 136 Å². The summed E-state index contributed by atoms with van der Waals surface area (Å²) in [6.45, 7) is 0. The van der Waals surface area contributed by atoms with Gasteiger partial charge in [0.2, 0.25) is 0 Å². The normalized spacial score (nSPS) is 10.5. The van der Waals surface area contributed by atoms with Gasteiger partial charge in [0, 0.05) is 29.0 Å². The van der Waals surface area contributed by atoms with Crippen LogP contribution in [0.2, 0.25) is 10.2 Å². The average Bonchev–Trinajstić information content (AvgIpc) is 2.51. The van der Waals surface area contributed by atoms with E-state index in [1.165, 1.54) is 6.07 Å². The summed E-state index contributed by atoms with van der Waals surface area (Å²) in [5.74, 6) is 0.966. The highest BCUT2D eigenvalue weighted by Gasteiger charge is 2.08. The predicted octanol–water partition coefficient (Wildman–Crippen LogP) is 4.29. The van der Waals surface area contributed by atoms with Crippen molar-refractivity contribution < 1.29 is 5.11 Å². The molecule has 0 unspecified atom stereocenters. The van der Waals surface area contributed by atoms with Gasteiger partial charge in [-0.1, -0.05) is 23.2 Å². The lowest BCUT2D eigenvalue weighted by Gasteiger charge is -2.10. The lowest BCUT2D eigenvalue weighted by Crippen LogP contribution is -1.98. The van der Waals surface area contributed by atoms with E-state index in [1.807, 2.05) is 0 Å². The van der Waals surface area contributed by atoms with E-state index in [9.17, 15) is 5.11 Å². The molecule has 0 saturated carbocycles. The van der Waals surface area contributed by atoms with Crippen molar-refractivity contribution in [2.45, 2.75) is 0 Å². The van der Waals surface area contributed by atoms with Crippen molar-refractivity contribution in [3.05, 3.63) is 59.0 Å². The number of phenolic OH excluding ortho intramolecular Hbond substituents is 1. The first-order valence-electron chi connectivity index (χ1n) is 6.32. The van der Waals surface area contributed by atoms with Gasteiger partial charge in [0.05, 0.1) is 5.69 Å². The van der Waals surface area contributed by atoms with Crippen molar-refractivity contribution in [2.75, 3.05) is 5.32 Å². The molecule has 110 valence electrons. The molecule has 0 saturated heterocycles. The molecule has 22 heavy (non-hydrogen) atoms. The second kappa shape index (κ2) is 6.17. The highest BCUT2D eigenvalue weighted by molar-refractivity contribution is 6.31. The molecule has 3 rings (SSSR count). The van der Waals surface area contributed by atoms with E-state index in [2.05, 4.69) is 20.3 Å². The average molecular weight is 333 g/mol. The molecule has 0 aliphatic rings. The Hall–Kier alpha value is -2.37. The summed E-state index contributed by atoms with van der Waals surface area (Å²) in [7, 11) is 0. The maximum Gasteiger partial charge on any atom is 0.163 e. The topological polar surface area (TPSA) is 70.9 Å². The molecule has 0 fully saturated rings. The second-order valence-corrected chi connectivity index (χ2v) is 5.25. The first-order chi connectivity index (χ1) is 10.6. The predicted molar refractivity (Wildman–Crippen MR) is 86.7 cm³/mol. The fourth-order valence-electron chi connectivity index (χ4n) is 1.86. The molecule has 3 aromatic rings. The lowest BCUT2D eigenvalue weighted by atomic mass is 10.2. The Bertz CT molecular complexity index is 812. The SMILES string of the molecule is Oc1ccc(Cl)cc1Nc1cc(Cl)nc(-c2ccncc2)n1. The van der Waals surface area contributed by atoms with Crippen molar-refractivity contribution in [1.29, 1.82) is 0 Å². The zero-order valence-corrected chi connectivity index (χ0v) is 12.7. The number of benzene rings is 1. The van der Waals surface area contributed by atoms with E-state index in [1.54, 1.807) is 42.7 Å². The summed E-state index contributed by atoms with van der Waals surface area (Å²) in [5, 5.41) is 13.6. The first kappa shape index (κ1) is 14.6. The van der Waals surface area contributed by atoms with Crippen LogP contribution in [-0.2, 0) is 0 Å². The number of aromatic nitrogens is 3. The summed E-state index contributed by atoms with van der Waals surface area (Å²) in [6.07, 6.45) is 3.30. The molecule has 0 aliphatic heterocycles. The minimum absolute atomic E-state index is 0.0598. The summed E-state index contributed by atoms with van der Waals surface area (Å²) in [6, 6.07) is 9.82. The van der Waals surface area contributed by atoms with Gasteiger partial charge in [0.15, 0.2) is 5.82 Å². The maximum absolute atomic E-state index is 9.85. The fraction of sp³-hybridized carbons (Fsp3) is 0. The number of hydrogen-bond donors (Lipinski definition) is 2. The van der Waals surface area contributed by atoms with E-state index in [-0.39, 0.29) is 10.9 Å². The zero-order valence-electron chi connectivity index (χ0n) is 11.2. The van der Waals surface area contributed by atoms with E-state index >= 15 is 0 Å². The van der Waals surface area contributed by atoms with Gasteiger partial charge in [-0.3, -0.25) is 4.98 Å². The molecule has 1 aromatic carbocycles. The summed E-state index contributed by atoms with van der Waals surface area (Å²) < 4.78 is 0. The first-order valence-corrected chi connectivity index (χ1v) is 7.08. The Kier molecular flexibility index (Phi) is 4.09. The summed E-state index contributed by atoms with van der Waals surface area (Å²) in [4.78, 5) is 12.5. The van der Waals surface area contributed by atoms with Crippen LogP contribution in [0.3, 0.4) is 0 Å². The van der Waals surface area contributed by atoms with Crippen LogP contribution >= 0.6 is 23.2 Å². The van der Waals surface area contributed by atoms with Crippen molar-refractivity contribution in [3.63, 3.8) is 0 Å². The molecule has 2 N–H and O–H groups in total. The maximum atomic E-state index is 9.85. The van der Waals surface area contributed by atoms with E-state index < -0.39 is 0 Å². The molecule has 2 aromatic heterocycles. The number of aromatic hydroxyl groups is 1. The van der Waals surface area contributed by atoms with Crippen LogP contribution in [0.15, 0.2) is 48.8 Å². The van der Waals surface area contributed by atoms with Gasteiger partial charge in [0.25, 0.3) is 0 Å². The Morgan fingerprint density at radius 2 is 1.73 bits per heavy atom. The van der Waals surface area contributed by atoms with Gasteiger partial charge in [-0.25, -0.2) is 9.97 Å². The van der Waals surface area contributed by atoms with Gasteiger partial charge in [-0.15, -0.1) is 0 Å². The molecule has 5 nitrogen and oxygen atoms in total. The third kappa shape index (κ3) is 3.27. The molecule has 0 radical (unpaired) electrons. The number of nitrogens with zero attached hydrogens (tertiary/aromatic N) is 3. The minimum Gasteiger partial charge on any atom is -0.506 e. The number of halogens is 2. The number of rotatable bonds is 3. The fourth-order valence-corrected chi connectivity index (χ4v) is 2.21. The van der Waals surface area contributed by atoms with Crippen LogP contribution < -0.4 is 5.32 Å². The molecule has 7 heteroatoms. The quantitative estimate of drug-likeness (QED) is 0.552. The van der Waals surface area contributed by atoms with E-state index in [0.717, 1.165) is 5.56 Å². The van der Waals surface area contributed by atoms with E-state index in [0.29, 0.717) is 22.4 Å². The highest BCUT2D eigenvalue weighted by Crippen LogP contribution is 2.30. The Morgan fingerprint density at radius 1 is 0.955 bits per heavy atom. The number of anilines is 2.